The van der Waals surface area contributed by atoms with Crippen molar-refractivity contribution in [1.82, 2.24) is 9.88 Å². The zero-order valence-corrected chi connectivity index (χ0v) is 19.3. The largest absolute Gasteiger partial charge is 0.573 e. The van der Waals surface area contributed by atoms with E-state index >= 15 is 0 Å². The molecule has 2 heterocycles. The zero-order chi connectivity index (χ0) is 25.0. The maximum Gasteiger partial charge on any atom is 0.573 e. The van der Waals surface area contributed by atoms with Crippen LogP contribution in [0.4, 0.5) is 13.2 Å². The lowest BCUT2D eigenvalue weighted by Crippen LogP contribution is -2.42. The molecular formula is C24H22F3N3O4S. The van der Waals surface area contributed by atoms with Crippen LogP contribution >= 0.6 is 11.3 Å². The third-order valence-corrected chi connectivity index (χ3v) is 6.35. The Hall–Kier alpha value is -3.60. The lowest BCUT2D eigenvalue weighted by atomic mass is 10.0. The summed E-state index contributed by atoms with van der Waals surface area (Å²) in [7, 11) is 0. The topological polar surface area (TPSA) is 94.8 Å². The molecule has 2 aromatic carbocycles. The molecule has 2 N–H and O–H groups in total. The maximum atomic E-state index is 12.6. The summed E-state index contributed by atoms with van der Waals surface area (Å²) >= 11 is 1.45. The highest BCUT2D eigenvalue weighted by atomic mass is 32.1. The fourth-order valence-electron chi connectivity index (χ4n) is 3.82. The molecule has 7 nitrogen and oxygen atoms in total. The van der Waals surface area contributed by atoms with Gasteiger partial charge in [0.1, 0.15) is 22.6 Å². The van der Waals surface area contributed by atoms with Gasteiger partial charge in [-0.15, -0.1) is 24.5 Å². The Labute approximate surface area is 203 Å². The van der Waals surface area contributed by atoms with Crippen molar-refractivity contribution in [3.63, 3.8) is 0 Å². The number of primary amides is 1. The normalized spacial score (nSPS) is 14.5. The maximum absolute atomic E-state index is 12.6. The molecule has 184 valence electrons. The molecule has 0 atom stereocenters. The van der Waals surface area contributed by atoms with Crippen molar-refractivity contribution in [2.75, 3.05) is 13.1 Å². The second-order valence-electron chi connectivity index (χ2n) is 7.98. The van der Waals surface area contributed by atoms with Crippen LogP contribution in [0.25, 0.3) is 10.6 Å². The minimum Gasteiger partial charge on any atom is -0.489 e. The van der Waals surface area contributed by atoms with E-state index in [1.54, 1.807) is 23.2 Å². The zero-order valence-electron chi connectivity index (χ0n) is 18.5. The van der Waals surface area contributed by atoms with Crippen LogP contribution in [0.1, 0.15) is 28.8 Å². The predicted molar refractivity (Wildman–Crippen MR) is 123 cm³/mol. The number of halogens is 3. The summed E-state index contributed by atoms with van der Waals surface area (Å²) in [6.45, 7) is 0.920. The van der Waals surface area contributed by atoms with Gasteiger partial charge in [0, 0.05) is 43.1 Å². The number of nitrogens with zero attached hydrogens (tertiary/aromatic N) is 2. The first kappa shape index (κ1) is 24.5. The summed E-state index contributed by atoms with van der Waals surface area (Å²) in [5.74, 6) is -0.665. The van der Waals surface area contributed by atoms with Crippen molar-refractivity contribution in [2.45, 2.75) is 31.7 Å². The summed E-state index contributed by atoms with van der Waals surface area (Å²) in [4.78, 5) is 30.6. The van der Waals surface area contributed by atoms with Gasteiger partial charge in [-0.1, -0.05) is 12.1 Å². The average molecular weight is 506 g/mol. The van der Waals surface area contributed by atoms with E-state index in [2.05, 4.69) is 9.72 Å². The molecule has 0 unspecified atom stereocenters. The number of benzene rings is 2. The van der Waals surface area contributed by atoms with Crippen LogP contribution < -0.4 is 15.2 Å². The fraction of sp³-hybridized carbons (Fsp3) is 0.292. The molecule has 1 aromatic heterocycles. The molecule has 2 amide bonds. The minimum atomic E-state index is -4.76. The molecule has 11 heteroatoms. The van der Waals surface area contributed by atoms with Gasteiger partial charge < -0.3 is 20.1 Å². The van der Waals surface area contributed by atoms with Crippen LogP contribution in [0.15, 0.2) is 54.0 Å². The van der Waals surface area contributed by atoms with E-state index in [9.17, 15) is 22.8 Å². The number of amides is 2. The Morgan fingerprint density at radius 2 is 1.83 bits per heavy atom. The molecular weight excluding hydrogens is 483 g/mol. The molecule has 1 saturated heterocycles. The number of rotatable bonds is 7. The molecule has 35 heavy (non-hydrogen) atoms. The molecule has 1 aliphatic heterocycles. The molecule has 4 rings (SSSR count). The highest BCUT2D eigenvalue weighted by Crippen LogP contribution is 2.30. The smallest absolute Gasteiger partial charge is 0.489 e. The van der Waals surface area contributed by atoms with Crippen LogP contribution in [0.2, 0.25) is 0 Å². The average Bonchev–Trinajstić information content (AvgIpc) is 3.35. The molecule has 0 bridgehead atoms. The van der Waals surface area contributed by atoms with E-state index in [0.29, 0.717) is 37.2 Å². The number of piperidine rings is 1. The molecule has 0 spiro atoms. The van der Waals surface area contributed by atoms with Crippen molar-refractivity contribution < 1.29 is 32.2 Å². The van der Waals surface area contributed by atoms with Crippen LogP contribution in [-0.2, 0) is 11.2 Å². The number of carbonyl (C=O) groups is 2. The first-order valence-electron chi connectivity index (χ1n) is 10.8. The Balaban J connectivity index is 1.32. The summed E-state index contributed by atoms with van der Waals surface area (Å²) in [5.41, 5.74) is 7.21. The highest BCUT2D eigenvalue weighted by molar-refractivity contribution is 7.13. The van der Waals surface area contributed by atoms with E-state index in [0.717, 1.165) is 10.6 Å². The molecule has 0 saturated carbocycles. The number of aromatic nitrogens is 1. The van der Waals surface area contributed by atoms with Gasteiger partial charge in [0.25, 0.3) is 5.91 Å². The van der Waals surface area contributed by atoms with Gasteiger partial charge in [-0.2, -0.15) is 0 Å². The number of hydrogen-bond donors (Lipinski definition) is 1. The Morgan fingerprint density at radius 1 is 1.11 bits per heavy atom. The lowest BCUT2D eigenvalue weighted by molar-refractivity contribution is -0.274. The quantitative estimate of drug-likeness (QED) is 0.513. The number of thiazole rings is 1. The van der Waals surface area contributed by atoms with Gasteiger partial charge >= 0.3 is 6.36 Å². The van der Waals surface area contributed by atoms with Crippen LogP contribution in [0, 0.1) is 0 Å². The van der Waals surface area contributed by atoms with E-state index in [-0.39, 0.29) is 29.7 Å². The molecule has 1 fully saturated rings. The standard InChI is InChI=1S/C24H22F3N3O4S/c25-24(26,27)34-18-4-1-15(2-5-18)13-21(31)30-10-7-17(8-11-30)33-20-6-3-16(14-19(20)22(28)32)23-29-9-12-35-23/h1-6,9,12,14,17H,7-8,10-11,13H2,(H2,28,32). The number of likely N-dealkylation sites (tertiary alicyclic amines) is 1. The molecule has 0 aliphatic carbocycles. The van der Waals surface area contributed by atoms with Crippen molar-refractivity contribution in [1.29, 1.82) is 0 Å². The number of nitrogens with two attached hydrogens (primary N) is 1. The van der Waals surface area contributed by atoms with Gasteiger partial charge in [0.15, 0.2) is 0 Å². The summed E-state index contributed by atoms with van der Waals surface area (Å²) in [6, 6.07) is 10.5. The van der Waals surface area contributed by atoms with E-state index in [1.807, 2.05) is 11.4 Å². The Bertz CT molecular complexity index is 1180. The second-order valence-corrected chi connectivity index (χ2v) is 8.87. The first-order chi connectivity index (χ1) is 16.7. The summed E-state index contributed by atoms with van der Waals surface area (Å²) in [5, 5.41) is 2.62. The van der Waals surface area contributed by atoms with Gasteiger partial charge in [-0.05, 0) is 35.9 Å². The van der Waals surface area contributed by atoms with E-state index in [1.165, 1.54) is 35.6 Å². The van der Waals surface area contributed by atoms with Crippen molar-refractivity contribution in [2.24, 2.45) is 5.73 Å². The van der Waals surface area contributed by atoms with Gasteiger partial charge in [-0.3, -0.25) is 9.59 Å². The van der Waals surface area contributed by atoms with E-state index < -0.39 is 12.3 Å². The molecule has 0 radical (unpaired) electrons. The minimum absolute atomic E-state index is 0.0713. The third-order valence-electron chi connectivity index (χ3n) is 5.52. The summed E-state index contributed by atoms with van der Waals surface area (Å²) in [6.07, 6.45) is -2.07. The third kappa shape index (κ3) is 6.50. The Kier molecular flexibility index (Phi) is 7.25. The fourth-order valence-corrected chi connectivity index (χ4v) is 4.46. The second kappa shape index (κ2) is 10.3. The van der Waals surface area contributed by atoms with Crippen LogP contribution in [0.5, 0.6) is 11.5 Å². The van der Waals surface area contributed by atoms with Crippen molar-refractivity contribution in [3.05, 3.63) is 65.2 Å². The van der Waals surface area contributed by atoms with Gasteiger partial charge in [0.2, 0.25) is 5.91 Å². The van der Waals surface area contributed by atoms with Crippen LogP contribution in [0.3, 0.4) is 0 Å². The van der Waals surface area contributed by atoms with Gasteiger partial charge in [0.05, 0.1) is 12.0 Å². The number of alkyl halides is 3. The summed E-state index contributed by atoms with van der Waals surface area (Å²) < 4.78 is 46.8. The monoisotopic (exact) mass is 505 g/mol. The Morgan fingerprint density at radius 3 is 2.43 bits per heavy atom. The number of carbonyl (C=O) groups excluding carboxylic acids is 2. The number of hydrogen-bond acceptors (Lipinski definition) is 6. The van der Waals surface area contributed by atoms with Crippen LogP contribution in [-0.4, -0.2) is 47.3 Å². The lowest BCUT2D eigenvalue weighted by Gasteiger charge is -2.32. The van der Waals surface area contributed by atoms with Crippen molar-refractivity contribution in [3.8, 4) is 22.1 Å². The first-order valence-corrected chi connectivity index (χ1v) is 11.7. The van der Waals surface area contributed by atoms with E-state index in [4.69, 9.17) is 10.5 Å². The predicted octanol–water partition coefficient (Wildman–Crippen LogP) is 4.42. The van der Waals surface area contributed by atoms with Crippen molar-refractivity contribution >= 4 is 23.2 Å². The highest BCUT2D eigenvalue weighted by Gasteiger charge is 2.31. The SMILES string of the molecule is NC(=O)c1cc(-c2nccs2)ccc1OC1CCN(C(=O)Cc2ccc(OC(F)(F)F)cc2)CC1. The molecule has 1 aliphatic rings. The molecule has 3 aromatic rings. The van der Waals surface area contributed by atoms with Gasteiger partial charge in [-0.25, -0.2) is 4.98 Å². The number of ether oxygens (including phenoxy) is 2.